The van der Waals surface area contributed by atoms with E-state index in [0.29, 0.717) is 6.42 Å². The third kappa shape index (κ3) is 2.83. The molecule has 2 aliphatic heterocycles. The van der Waals surface area contributed by atoms with Crippen molar-refractivity contribution >= 4 is 11.9 Å². The van der Waals surface area contributed by atoms with Gasteiger partial charge in [0.2, 0.25) is 0 Å². The molecule has 5 rings (SSSR count). The van der Waals surface area contributed by atoms with Crippen LogP contribution in [0.3, 0.4) is 0 Å². The Balaban J connectivity index is 1.62. The quantitative estimate of drug-likeness (QED) is 0.516. The van der Waals surface area contributed by atoms with Crippen LogP contribution >= 0.6 is 0 Å². The molecule has 2 saturated heterocycles. The van der Waals surface area contributed by atoms with E-state index in [0.717, 1.165) is 24.0 Å². The number of esters is 2. The number of aliphatic hydroxyl groups is 1. The molecule has 0 aromatic carbocycles. The summed E-state index contributed by atoms with van der Waals surface area (Å²) < 4.78 is 23.3. The fraction of sp³-hybridized carbons (Fsp3) is 0.704. The van der Waals surface area contributed by atoms with Gasteiger partial charge in [0, 0.05) is 29.2 Å². The molecule has 2 aliphatic carbocycles. The first-order chi connectivity index (χ1) is 15.9. The van der Waals surface area contributed by atoms with Crippen LogP contribution in [0, 0.1) is 28.1 Å². The van der Waals surface area contributed by atoms with Gasteiger partial charge in [-0.25, -0.2) is 0 Å². The number of carbonyl (C=O) groups excluding carboxylic acids is 2. The molecule has 1 spiro atoms. The van der Waals surface area contributed by atoms with Crippen molar-refractivity contribution in [2.75, 3.05) is 7.11 Å². The SMILES string of the molecule is C=C1[C@H]2CC[C@]3(C)[C@@H](c4ccoc4)OC(=O)C[C@@]13O[C@H]1C[C@H](O)C(C)(C)[C@@H](CC(=O)OC)[C@@]12C. The van der Waals surface area contributed by atoms with Crippen LogP contribution in [0.15, 0.2) is 35.2 Å². The molecule has 4 fully saturated rings. The topological polar surface area (TPSA) is 95.2 Å². The molecule has 4 aliphatic rings. The lowest BCUT2D eigenvalue weighted by Crippen LogP contribution is -2.73. The smallest absolute Gasteiger partial charge is 0.309 e. The van der Waals surface area contributed by atoms with Crippen LogP contribution in [0.25, 0.3) is 0 Å². The number of fused-ring (bicyclic) bond motifs is 3. The van der Waals surface area contributed by atoms with Crippen molar-refractivity contribution in [1.82, 2.24) is 0 Å². The molecular formula is C27H36O7. The lowest BCUT2D eigenvalue weighted by molar-refractivity contribution is -0.314. The molecule has 1 aromatic rings. The normalized spacial score (nSPS) is 45.1. The molecule has 0 radical (unpaired) electrons. The fourth-order valence-corrected chi connectivity index (χ4v) is 8.07. The van der Waals surface area contributed by atoms with Crippen molar-refractivity contribution in [3.8, 4) is 0 Å². The first-order valence-corrected chi connectivity index (χ1v) is 12.3. The molecular weight excluding hydrogens is 436 g/mol. The van der Waals surface area contributed by atoms with Gasteiger partial charge in [0.15, 0.2) is 0 Å². The van der Waals surface area contributed by atoms with Gasteiger partial charge in [-0.3, -0.25) is 9.59 Å². The molecule has 1 N–H and O–H groups in total. The maximum Gasteiger partial charge on any atom is 0.309 e. The summed E-state index contributed by atoms with van der Waals surface area (Å²) >= 11 is 0. The maximum atomic E-state index is 13.0. The zero-order chi connectivity index (χ0) is 24.7. The number of carbonyl (C=O) groups is 2. The second kappa shape index (κ2) is 7.44. The zero-order valence-corrected chi connectivity index (χ0v) is 20.8. The van der Waals surface area contributed by atoms with Crippen molar-refractivity contribution in [2.45, 2.75) is 83.7 Å². The minimum absolute atomic E-state index is 0.0386. The van der Waals surface area contributed by atoms with E-state index >= 15 is 0 Å². The number of rotatable bonds is 3. The number of hydrogen-bond donors (Lipinski definition) is 1. The average molecular weight is 473 g/mol. The third-order valence-corrected chi connectivity index (χ3v) is 10.2. The molecule has 7 heteroatoms. The van der Waals surface area contributed by atoms with Gasteiger partial charge in [-0.15, -0.1) is 0 Å². The van der Waals surface area contributed by atoms with Crippen LogP contribution in [0.4, 0.5) is 0 Å². The number of cyclic esters (lactones) is 1. The second-order valence-corrected chi connectivity index (χ2v) is 11.8. The van der Waals surface area contributed by atoms with Crippen LogP contribution in [-0.2, 0) is 23.8 Å². The summed E-state index contributed by atoms with van der Waals surface area (Å²) in [5.41, 5.74) is -0.672. The molecule has 8 atom stereocenters. The predicted molar refractivity (Wildman–Crippen MR) is 122 cm³/mol. The maximum absolute atomic E-state index is 13.0. The van der Waals surface area contributed by atoms with Gasteiger partial charge in [-0.05, 0) is 41.7 Å². The predicted octanol–water partition coefficient (Wildman–Crippen LogP) is 4.35. The van der Waals surface area contributed by atoms with Gasteiger partial charge in [0.1, 0.15) is 11.7 Å². The van der Waals surface area contributed by atoms with Crippen LogP contribution < -0.4 is 0 Å². The minimum atomic E-state index is -0.908. The lowest BCUT2D eigenvalue weighted by Gasteiger charge is -2.71. The molecule has 2 saturated carbocycles. The Bertz CT molecular complexity index is 1010. The van der Waals surface area contributed by atoms with E-state index in [4.69, 9.17) is 18.6 Å². The molecule has 0 unspecified atom stereocenters. The van der Waals surface area contributed by atoms with E-state index in [9.17, 15) is 14.7 Å². The van der Waals surface area contributed by atoms with E-state index in [1.165, 1.54) is 7.11 Å². The summed E-state index contributed by atoms with van der Waals surface area (Å²) in [6.07, 6.45) is 4.06. The van der Waals surface area contributed by atoms with Crippen molar-refractivity contribution in [1.29, 1.82) is 0 Å². The highest BCUT2D eigenvalue weighted by Gasteiger charge is 2.73. The van der Waals surface area contributed by atoms with Gasteiger partial charge in [0.05, 0.1) is 38.3 Å². The number of ether oxygens (including phenoxy) is 3. The van der Waals surface area contributed by atoms with Gasteiger partial charge in [0.25, 0.3) is 0 Å². The van der Waals surface area contributed by atoms with Gasteiger partial charge >= 0.3 is 11.9 Å². The van der Waals surface area contributed by atoms with Crippen LogP contribution in [0.5, 0.6) is 0 Å². The van der Waals surface area contributed by atoms with Gasteiger partial charge in [-0.2, -0.15) is 0 Å². The molecule has 186 valence electrons. The molecule has 0 amide bonds. The summed E-state index contributed by atoms with van der Waals surface area (Å²) in [5, 5.41) is 11.2. The fourth-order valence-electron chi connectivity index (χ4n) is 8.07. The average Bonchev–Trinajstić information content (AvgIpc) is 3.30. The minimum Gasteiger partial charge on any atom is -0.472 e. The number of methoxy groups -OCH3 is 1. The van der Waals surface area contributed by atoms with Crippen LogP contribution in [0.1, 0.15) is 71.5 Å². The Morgan fingerprint density at radius 2 is 2.03 bits per heavy atom. The van der Waals surface area contributed by atoms with E-state index in [2.05, 4.69) is 20.4 Å². The molecule has 1 aromatic heterocycles. The van der Waals surface area contributed by atoms with Gasteiger partial charge in [-0.1, -0.05) is 34.3 Å². The van der Waals surface area contributed by atoms with Crippen LogP contribution in [0.2, 0.25) is 0 Å². The highest BCUT2D eigenvalue weighted by Crippen LogP contribution is 2.72. The molecule has 7 nitrogen and oxygen atoms in total. The Kier molecular flexibility index (Phi) is 5.17. The van der Waals surface area contributed by atoms with E-state index in [1.54, 1.807) is 12.5 Å². The van der Waals surface area contributed by atoms with E-state index < -0.39 is 34.1 Å². The Labute approximate surface area is 200 Å². The molecule has 2 bridgehead atoms. The summed E-state index contributed by atoms with van der Waals surface area (Å²) in [5.74, 6) is -0.752. The monoisotopic (exact) mass is 472 g/mol. The van der Waals surface area contributed by atoms with Crippen molar-refractivity contribution < 1.29 is 33.3 Å². The second-order valence-electron chi connectivity index (χ2n) is 11.8. The first kappa shape index (κ1) is 23.6. The largest absolute Gasteiger partial charge is 0.472 e. The van der Waals surface area contributed by atoms with Crippen molar-refractivity contribution in [3.05, 3.63) is 36.3 Å². The highest BCUT2D eigenvalue weighted by atomic mass is 16.6. The van der Waals surface area contributed by atoms with E-state index in [1.807, 2.05) is 19.9 Å². The third-order valence-electron chi connectivity index (χ3n) is 10.2. The lowest BCUT2D eigenvalue weighted by atomic mass is 9.41. The highest BCUT2D eigenvalue weighted by molar-refractivity contribution is 5.74. The standard InChI is InChI=1S/C27H36O7/c1-15-17-7-9-25(4)23(16-8-10-32-14-16)33-22(30)13-27(15,25)34-20-12-19(28)24(2,3)18(26(17,20)5)11-21(29)31-6/h8,10,14,17-20,23,28H,1,7,9,11-13H2,2-6H3/t17-,18-,19+,20+,23-,25-,26+,27-/m1/s1. The Morgan fingerprint density at radius 3 is 2.68 bits per heavy atom. The summed E-state index contributed by atoms with van der Waals surface area (Å²) in [6.45, 7) is 12.9. The van der Waals surface area contributed by atoms with Crippen LogP contribution in [-0.4, -0.2) is 42.0 Å². The molecule has 34 heavy (non-hydrogen) atoms. The number of furan rings is 1. The summed E-state index contributed by atoms with van der Waals surface area (Å²) in [4.78, 5) is 25.5. The van der Waals surface area contributed by atoms with Gasteiger partial charge < -0.3 is 23.7 Å². The van der Waals surface area contributed by atoms with Crippen molar-refractivity contribution in [3.63, 3.8) is 0 Å². The number of aliphatic hydroxyl groups excluding tert-OH is 1. The Morgan fingerprint density at radius 1 is 1.29 bits per heavy atom. The Hall–Kier alpha value is -2.12. The number of hydrogen-bond acceptors (Lipinski definition) is 7. The molecule has 3 heterocycles. The van der Waals surface area contributed by atoms with Crippen molar-refractivity contribution in [2.24, 2.45) is 28.1 Å². The summed E-state index contributed by atoms with van der Waals surface area (Å²) in [7, 11) is 1.40. The summed E-state index contributed by atoms with van der Waals surface area (Å²) in [6, 6.07) is 1.84. The van der Waals surface area contributed by atoms with E-state index in [-0.39, 0.29) is 42.7 Å². The zero-order valence-electron chi connectivity index (χ0n) is 20.8. The first-order valence-electron chi connectivity index (χ1n) is 12.3.